The first kappa shape index (κ1) is 16.0. The van der Waals surface area contributed by atoms with Crippen molar-refractivity contribution in [3.8, 4) is 11.5 Å². The number of nitrogens with zero attached hydrogens (tertiary/aromatic N) is 2. The summed E-state index contributed by atoms with van der Waals surface area (Å²) < 4.78 is 5.33. The van der Waals surface area contributed by atoms with E-state index in [4.69, 9.17) is 4.42 Å². The maximum atomic E-state index is 11.7. The first-order chi connectivity index (χ1) is 10.6. The van der Waals surface area contributed by atoms with Gasteiger partial charge in [-0.15, -0.1) is 10.2 Å². The van der Waals surface area contributed by atoms with Gasteiger partial charge < -0.3 is 20.2 Å². The van der Waals surface area contributed by atoms with Gasteiger partial charge in [0.25, 0.3) is 0 Å². The highest BCUT2D eigenvalue weighted by atomic mass is 16.4. The van der Waals surface area contributed by atoms with E-state index in [0.717, 1.165) is 12.0 Å². The fraction of sp³-hybridized carbons (Fsp3) is 0.400. The van der Waals surface area contributed by atoms with Crippen LogP contribution in [-0.2, 0) is 0 Å². The molecule has 2 rings (SSSR count). The van der Waals surface area contributed by atoms with Crippen LogP contribution in [0.1, 0.15) is 25.7 Å². The van der Waals surface area contributed by atoms with Crippen molar-refractivity contribution in [3.63, 3.8) is 0 Å². The van der Waals surface area contributed by atoms with Gasteiger partial charge in [0.1, 0.15) is 0 Å². The van der Waals surface area contributed by atoms with Crippen LogP contribution in [0, 0.1) is 6.92 Å². The van der Waals surface area contributed by atoms with Crippen molar-refractivity contribution in [2.24, 2.45) is 0 Å². The molecule has 0 spiro atoms. The number of amides is 2. The molecule has 0 aliphatic heterocycles. The van der Waals surface area contributed by atoms with Crippen molar-refractivity contribution in [1.82, 2.24) is 15.5 Å². The summed E-state index contributed by atoms with van der Waals surface area (Å²) >= 11 is 0. The van der Waals surface area contributed by atoms with E-state index in [-0.39, 0.29) is 12.6 Å². The molecule has 118 valence electrons. The van der Waals surface area contributed by atoms with Gasteiger partial charge in [-0.3, -0.25) is 0 Å². The van der Waals surface area contributed by atoms with Crippen molar-refractivity contribution in [1.29, 1.82) is 0 Å². The lowest BCUT2D eigenvalue weighted by Gasteiger charge is -2.11. The summed E-state index contributed by atoms with van der Waals surface area (Å²) in [6, 6.07) is 6.72. The highest BCUT2D eigenvalue weighted by Crippen LogP contribution is 2.19. The predicted octanol–water partition coefficient (Wildman–Crippen LogP) is 2.33. The standard InChI is InChI=1S/C15H20N4O3/c1-3-4-13(20)9-16-15(21)17-12-7-5-11(6-8-12)14-19-18-10(2)22-14/h5-8,13,20H,3-4,9H2,1-2H3,(H2,16,17,21). The van der Waals surface area contributed by atoms with Crippen LogP contribution in [0.4, 0.5) is 10.5 Å². The van der Waals surface area contributed by atoms with E-state index >= 15 is 0 Å². The molecule has 0 bridgehead atoms. The third kappa shape index (κ3) is 4.56. The van der Waals surface area contributed by atoms with E-state index < -0.39 is 6.10 Å². The number of aryl methyl sites for hydroxylation is 1. The Morgan fingerprint density at radius 2 is 2.05 bits per heavy atom. The molecule has 2 amide bonds. The minimum Gasteiger partial charge on any atom is -0.421 e. The van der Waals surface area contributed by atoms with Gasteiger partial charge in [0, 0.05) is 24.7 Å². The quantitative estimate of drug-likeness (QED) is 0.760. The van der Waals surface area contributed by atoms with Crippen LogP contribution in [0.15, 0.2) is 28.7 Å². The molecule has 3 N–H and O–H groups in total. The molecule has 1 atom stereocenters. The van der Waals surface area contributed by atoms with Crippen molar-refractivity contribution in [2.45, 2.75) is 32.8 Å². The zero-order valence-electron chi connectivity index (χ0n) is 12.7. The van der Waals surface area contributed by atoms with Crippen molar-refractivity contribution in [3.05, 3.63) is 30.2 Å². The Balaban J connectivity index is 1.87. The molecule has 1 heterocycles. The van der Waals surface area contributed by atoms with Crippen LogP contribution in [0.3, 0.4) is 0 Å². The minimum atomic E-state index is -0.515. The van der Waals surface area contributed by atoms with Crippen LogP contribution >= 0.6 is 0 Å². The number of nitrogens with one attached hydrogen (secondary N) is 2. The summed E-state index contributed by atoms with van der Waals surface area (Å²) in [5.41, 5.74) is 1.42. The molecule has 0 aliphatic carbocycles. The van der Waals surface area contributed by atoms with Crippen molar-refractivity contribution < 1.29 is 14.3 Å². The molecule has 7 heteroatoms. The molecule has 1 aromatic heterocycles. The molecule has 0 aliphatic rings. The van der Waals surface area contributed by atoms with Gasteiger partial charge in [-0.05, 0) is 30.7 Å². The molecule has 1 aromatic carbocycles. The van der Waals surface area contributed by atoms with Gasteiger partial charge in [0.05, 0.1) is 6.10 Å². The molecular weight excluding hydrogens is 284 g/mol. The maximum Gasteiger partial charge on any atom is 0.319 e. The number of urea groups is 1. The first-order valence-corrected chi connectivity index (χ1v) is 7.22. The van der Waals surface area contributed by atoms with Crippen LogP contribution in [-0.4, -0.2) is 34.0 Å². The third-order valence-electron chi connectivity index (χ3n) is 3.04. The second-order valence-corrected chi connectivity index (χ2v) is 4.98. The molecule has 0 saturated carbocycles. The fourth-order valence-electron chi connectivity index (χ4n) is 1.93. The van der Waals surface area contributed by atoms with E-state index in [1.807, 2.05) is 6.92 Å². The maximum absolute atomic E-state index is 11.7. The number of benzene rings is 1. The Bertz CT molecular complexity index is 610. The Kier molecular flexibility index (Phi) is 5.48. The zero-order chi connectivity index (χ0) is 15.9. The smallest absolute Gasteiger partial charge is 0.319 e. The number of aromatic nitrogens is 2. The third-order valence-corrected chi connectivity index (χ3v) is 3.04. The Hall–Kier alpha value is -2.41. The van der Waals surface area contributed by atoms with Gasteiger partial charge in [-0.1, -0.05) is 13.3 Å². The number of anilines is 1. The SMILES string of the molecule is CCCC(O)CNC(=O)Nc1ccc(-c2nnc(C)o2)cc1. The van der Waals surface area contributed by atoms with Gasteiger partial charge in [-0.2, -0.15) is 0 Å². The van der Waals surface area contributed by atoms with E-state index in [0.29, 0.717) is 23.9 Å². The lowest BCUT2D eigenvalue weighted by atomic mass is 10.2. The van der Waals surface area contributed by atoms with E-state index in [1.165, 1.54) is 0 Å². The van der Waals surface area contributed by atoms with Gasteiger partial charge >= 0.3 is 6.03 Å². The number of hydrogen-bond acceptors (Lipinski definition) is 5. The van der Waals surface area contributed by atoms with Gasteiger partial charge in [0.2, 0.25) is 11.8 Å². The Labute approximate surface area is 128 Å². The number of hydrogen-bond donors (Lipinski definition) is 3. The lowest BCUT2D eigenvalue weighted by Crippen LogP contribution is -2.35. The van der Waals surface area contributed by atoms with Crippen molar-refractivity contribution in [2.75, 3.05) is 11.9 Å². The number of carbonyl (C=O) groups is 1. The number of aliphatic hydroxyl groups is 1. The summed E-state index contributed by atoms with van der Waals surface area (Å²) in [6.45, 7) is 3.94. The van der Waals surface area contributed by atoms with Gasteiger partial charge in [0.15, 0.2) is 0 Å². The number of aliphatic hydroxyl groups excluding tert-OH is 1. The molecule has 7 nitrogen and oxygen atoms in total. The van der Waals surface area contributed by atoms with Crippen molar-refractivity contribution >= 4 is 11.7 Å². The lowest BCUT2D eigenvalue weighted by molar-refractivity contribution is 0.162. The second-order valence-electron chi connectivity index (χ2n) is 4.98. The summed E-state index contributed by atoms with van der Waals surface area (Å²) in [5, 5.41) is 22.6. The normalized spacial score (nSPS) is 12.0. The zero-order valence-corrected chi connectivity index (χ0v) is 12.7. The average Bonchev–Trinajstić information content (AvgIpc) is 2.93. The fourth-order valence-corrected chi connectivity index (χ4v) is 1.93. The summed E-state index contributed by atoms with van der Waals surface area (Å²) in [7, 11) is 0. The Morgan fingerprint density at radius 3 is 2.64 bits per heavy atom. The average molecular weight is 304 g/mol. The minimum absolute atomic E-state index is 0.235. The van der Waals surface area contributed by atoms with Crippen LogP contribution in [0.2, 0.25) is 0 Å². The van der Waals surface area contributed by atoms with E-state index in [1.54, 1.807) is 31.2 Å². The topological polar surface area (TPSA) is 100 Å². The number of carbonyl (C=O) groups excluding carboxylic acids is 1. The molecule has 0 saturated heterocycles. The first-order valence-electron chi connectivity index (χ1n) is 7.22. The molecular formula is C15H20N4O3. The molecule has 0 radical (unpaired) electrons. The highest BCUT2D eigenvalue weighted by Gasteiger charge is 2.08. The molecule has 2 aromatic rings. The van der Waals surface area contributed by atoms with E-state index in [2.05, 4.69) is 20.8 Å². The summed E-state index contributed by atoms with van der Waals surface area (Å²) in [6.07, 6.45) is 1.03. The highest BCUT2D eigenvalue weighted by molar-refractivity contribution is 5.89. The molecule has 0 fully saturated rings. The second kappa shape index (κ2) is 7.56. The van der Waals surface area contributed by atoms with Crippen LogP contribution in [0.25, 0.3) is 11.5 Å². The van der Waals surface area contributed by atoms with E-state index in [9.17, 15) is 9.90 Å². The summed E-state index contributed by atoms with van der Waals surface area (Å²) in [4.78, 5) is 11.7. The predicted molar refractivity (Wildman–Crippen MR) is 82.4 cm³/mol. The molecule has 1 unspecified atom stereocenters. The number of rotatable bonds is 6. The monoisotopic (exact) mass is 304 g/mol. The van der Waals surface area contributed by atoms with Crippen LogP contribution in [0.5, 0.6) is 0 Å². The largest absolute Gasteiger partial charge is 0.421 e. The van der Waals surface area contributed by atoms with Crippen LogP contribution < -0.4 is 10.6 Å². The Morgan fingerprint density at radius 1 is 1.32 bits per heavy atom. The molecule has 22 heavy (non-hydrogen) atoms. The van der Waals surface area contributed by atoms with Gasteiger partial charge in [-0.25, -0.2) is 4.79 Å². The summed E-state index contributed by atoms with van der Waals surface area (Å²) in [5.74, 6) is 0.943.